The fourth-order valence-electron chi connectivity index (χ4n) is 3.73. The minimum Gasteiger partial charge on any atom is -0.496 e. The van der Waals surface area contributed by atoms with Gasteiger partial charge in [0.05, 0.1) is 49.9 Å². The van der Waals surface area contributed by atoms with E-state index in [2.05, 4.69) is 10.3 Å². The molecule has 2 N–H and O–H groups in total. The minimum absolute atomic E-state index is 0.118. The van der Waals surface area contributed by atoms with Gasteiger partial charge in [-0.05, 0) is 45.0 Å². The fraction of sp³-hybridized carbons (Fsp3) is 0.476. The highest BCUT2D eigenvalue weighted by molar-refractivity contribution is 6.13. The smallest absolute Gasteiger partial charge is 0.356 e. The molecule has 2 aromatic rings. The largest absolute Gasteiger partial charge is 0.496 e. The number of nitrogens with one attached hydrogen (secondary N) is 2. The molecule has 0 unspecified atom stereocenters. The summed E-state index contributed by atoms with van der Waals surface area (Å²) in [6, 6.07) is 5.34. The molecule has 30 heavy (non-hydrogen) atoms. The third-order valence-electron chi connectivity index (χ3n) is 5.23. The first-order valence-corrected chi connectivity index (χ1v) is 9.94. The molecule has 0 spiro atoms. The Morgan fingerprint density at radius 2 is 1.93 bits per heavy atom. The number of esters is 2. The molecule has 1 fully saturated rings. The van der Waals surface area contributed by atoms with Crippen LogP contribution in [0.2, 0.25) is 0 Å². The van der Waals surface area contributed by atoms with E-state index in [9.17, 15) is 14.4 Å². The van der Waals surface area contributed by atoms with Gasteiger partial charge in [0.1, 0.15) is 11.4 Å². The molecular weight excluding hydrogens is 390 g/mol. The molecule has 162 valence electrons. The van der Waals surface area contributed by atoms with Crippen LogP contribution in [0.5, 0.6) is 5.75 Å². The van der Waals surface area contributed by atoms with Gasteiger partial charge in [0, 0.05) is 0 Å². The zero-order valence-corrected chi connectivity index (χ0v) is 17.4. The number of carbonyl (C=O) groups is 3. The van der Waals surface area contributed by atoms with E-state index in [1.807, 2.05) is 4.90 Å². The molecule has 9 heteroatoms. The molecule has 1 aliphatic heterocycles. The van der Waals surface area contributed by atoms with Crippen molar-refractivity contribution in [2.24, 2.45) is 5.92 Å². The molecule has 1 amide bonds. The van der Waals surface area contributed by atoms with Gasteiger partial charge in [-0.3, -0.25) is 14.5 Å². The Morgan fingerprint density at radius 3 is 2.57 bits per heavy atom. The first kappa shape index (κ1) is 21.6. The lowest BCUT2D eigenvalue weighted by molar-refractivity contribution is -0.149. The van der Waals surface area contributed by atoms with E-state index in [1.54, 1.807) is 25.1 Å². The highest BCUT2D eigenvalue weighted by Gasteiger charge is 2.28. The monoisotopic (exact) mass is 417 g/mol. The van der Waals surface area contributed by atoms with Crippen molar-refractivity contribution in [2.45, 2.75) is 19.8 Å². The normalized spacial score (nSPS) is 15.0. The summed E-state index contributed by atoms with van der Waals surface area (Å²) in [4.78, 5) is 41.8. The number of rotatable bonds is 7. The van der Waals surface area contributed by atoms with Gasteiger partial charge in [-0.15, -0.1) is 0 Å². The van der Waals surface area contributed by atoms with Crippen LogP contribution in [-0.4, -0.2) is 68.2 Å². The van der Waals surface area contributed by atoms with Crippen LogP contribution < -0.4 is 10.1 Å². The van der Waals surface area contributed by atoms with E-state index in [0.717, 1.165) is 0 Å². The Bertz CT molecular complexity index is 930. The van der Waals surface area contributed by atoms with Gasteiger partial charge in [0.25, 0.3) is 0 Å². The molecular formula is C21H27N3O6. The summed E-state index contributed by atoms with van der Waals surface area (Å²) in [6.45, 7) is 3.56. The molecule has 0 radical (unpaired) electrons. The molecule has 2 heterocycles. The number of fused-ring (bicyclic) bond motifs is 1. The highest BCUT2D eigenvalue weighted by atomic mass is 16.5. The molecule has 0 saturated carbocycles. The maximum Gasteiger partial charge on any atom is 0.356 e. The second-order valence-corrected chi connectivity index (χ2v) is 7.10. The van der Waals surface area contributed by atoms with Crippen LogP contribution in [0.3, 0.4) is 0 Å². The highest BCUT2D eigenvalue weighted by Crippen LogP contribution is 2.35. The maximum absolute atomic E-state index is 12.8. The standard InChI is InChI=1S/C21H27N3O6/c1-4-30-20(26)13-8-10-24(11-9-13)12-16(25)23-18-17-14(6-5-7-15(17)28-2)22-19(18)21(27)29-3/h5-7,13,22H,4,8-12H2,1-3H3,(H,23,25). The second kappa shape index (κ2) is 9.62. The van der Waals surface area contributed by atoms with Crippen molar-refractivity contribution in [3.8, 4) is 5.75 Å². The summed E-state index contributed by atoms with van der Waals surface area (Å²) in [5.74, 6) is -0.604. The predicted molar refractivity (Wildman–Crippen MR) is 111 cm³/mol. The number of aromatic nitrogens is 1. The summed E-state index contributed by atoms with van der Waals surface area (Å²) < 4.78 is 15.3. The molecule has 0 aliphatic carbocycles. The van der Waals surface area contributed by atoms with E-state index < -0.39 is 5.97 Å². The number of methoxy groups -OCH3 is 2. The van der Waals surface area contributed by atoms with Gasteiger partial charge in [0.15, 0.2) is 0 Å². The molecule has 1 aliphatic rings. The van der Waals surface area contributed by atoms with E-state index >= 15 is 0 Å². The van der Waals surface area contributed by atoms with Crippen LogP contribution in [0.15, 0.2) is 18.2 Å². The Balaban J connectivity index is 1.72. The minimum atomic E-state index is -0.584. The first-order valence-electron chi connectivity index (χ1n) is 9.94. The summed E-state index contributed by atoms with van der Waals surface area (Å²) in [5, 5.41) is 3.45. The average Bonchev–Trinajstić information content (AvgIpc) is 3.12. The topological polar surface area (TPSA) is 110 Å². The summed E-state index contributed by atoms with van der Waals surface area (Å²) in [7, 11) is 2.81. The number of H-pyrrole nitrogens is 1. The summed E-state index contributed by atoms with van der Waals surface area (Å²) in [6.07, 6.45) is 1.31. The quantitative estimate of drug-likeness (QED) is 0.665. The fourth-order valence-corrected chi connectivity index (χ4v) is 3.73. The van der Waals surface area contributed by atoms with Crippen molar-refractivity contribution < 1.29 is 28.6 Å². The zero-order chi connectivity index (χ0) is 21.7. The number of nitrogens with zero attached hydrogens (tertiary/aromatic N) is 1. The van der Waals surface area contributed by atoms with Crippen LogP contribution in [0.4, 0.5) is 5.69 Å². The van der Waals surface area contributed by atoms with Gasteiger partial charge in [-0.1, -0.05) is 6.07 Å². The number of anilines is 1. The summed E-state index contributed by atoms with van der Waals surface area (Å²) in [5.41, 5.74) is 1.15. The van der Waals surface area contributed by atoms with E-state index in [4.69, 9.17) is 14.2 Å². The maximum atomic E-state index is 12.8. The van der Waals surface area contributed by atoms with Crippen molar-refractivity contribution >= 4 is 34.4 Å². The SMILES string of the molecule is CCOC(=O)C1CCN(CC(=O)Nc2c(C(=O)OC)[nH]c3cccc(OC)c23)CC1. The van der Waals surface area contributed by atoms with Crippen molar-refractivity contribution in [3.05, 3.63) is 23.9 Å². The number of likely N-dealkylation sites (tertiary alicyclic amines) is 1. The molecule has 1 aromatic heterocycles. The van der Waals surface area contributed by atoms with Gasteiger partial charge in [-0.25, -0.2) is 4.79 Å². The van der Waals surface area contributed by atoms with Crippen LogP contribution in [0, 0.1) is 5.92 Å². The lowest BCUT2D eigenvalue weighted by atomic mass is 9.97. The Kier molecular flexibility index (Phi) is 6.94. The number of carbonyl (C=O) groups excluding carboxylic acids is 3. The number of piperidine rings is 1. The van der Waals surface area contributed by atoms with Gasteiger partial charge in [-0.2, -0.15) is 0 Å². The molecule has 1 aromatic carbocycles. The Morgan fingerprint density at radius 1 is 1.20 bits per heavy atom. The molecule has 0 bridgehead atoms. The third-order valence-corrected chi connectivity index (χ3v) is 5.23. The summed E-state index contributed by atoms with van der Waals surface area (Å²) >= 11 is 0. The predicted octanol–water partition coefficient (Wildman–Crippen LogP) is 2.18. The average molecular weight is 417 g/mol. The van der Waals surface area contributed by atoms with Gasteiger partial charge in [0.2, 0.25) is 5.91 Å². The number of benzene rings is 1. The zero-order valence-electron chi connectivity index (χ0n) is 17.4. The molecule has 1 saturated heterocycles. The van der Waals surface area contributed by atoms with Crippen molar-refractivity contribution in [3.63, 3.8) is 0 Å². The van der Waals surface area contributed by atoms with Crippen molar-refractivity contribution in [1.29, 1.82) is 0 Å². The van der Waals surface area contributed by atoms with Crippen LogP contribution in [0.1, 0.15) is 30.3 Å². The van der Waals surface area contributed by atoms with Crippen LogP contribution >= 0.6 is 0 Å². The van der Waals surface area contributed by atoms with Crippen LogP contribution in [-0.2, 0) is 19.1 Å². The Labute approximate surface area is 174 Å². The number of hydrogen-bond donors (Lipinski definition) is 2. The van der Waals surface area contributed by atoms with E-state index in [-0.39, 0.29) is 30.0 Å². The number of amides is 1. The first-order chi connectivity index (χ1) is 14.5. The third kappa shape index (κ3) is 4.56. The van der Waals surface area contributed by atoms with Gasteiger partial charge < -0.3 is 24.5 Å². The van der Waals surface area contributed by atoms with Gasteiger partial charge >= 0.3 is 11.9 Å². The molecule has 0 atom stereocenters. The van der Waals surface area contributed by atoms with Crippen LogP contribution in [0.25, 0.3) is 10.9 Å². The lowest BCUT2D eigenvalue weighted by Crippen LogP contribution is -2.41. The van der Waals surface area contributed by atoms with Crippen molar-refractivity contribution in [1.82, 2.24) is 9.88 Å². The number of aromatic amines is 1. The van der Waals surface area contributed by atoms with Crippen molar-refractivity contribution in [2.75, 3.05) is 45.8 Å². The second-order valence-electron chi connectivity index (χ2n) is 7.10. The molecule has 3 rings (SSSR count). The molecule has 9 nitrogen and oxygen atoms in total. The number of hydrogen-bond acceptors (Lipinski definition) is 7. The number of ether oxygens (including phenoxy) is 3. The van der Waals surface area contributed by atoms with E-state index in [0.29, 0.717) is 54.9 Å². The van der Waals surface area contributed by atoms with E-state index in [1.165, 1.54) is 14.2 Å². The lowest BCUT2D eigenvalue weighted by Gasteiger charge is -2.30. The Hall–Kier alpha value is -3.07.